The molecule has 0 fully saturated rings. The molecule has 1 heterocycles. The lowest BCUT2D eigenvalue weighted by atomic mass is 9.92. The van der Waals surface area contributed by atoms with Crippen LogP contribution in [0.4, 0.5) is 39.5 Å². The maximum atomic E-state index is 15.2. The summed E-state index contributed by atoms with van der Waals surface area (Å²) in [6.07, 6.45) is -22.4. The molecule has 3 unspecified atom stereocenters. The molecular formula is C42H41F9N2O11. The number of halogens is 9. The molecule has 1 aromatic heterocycles. The number of alkyl halides is 9. The van der Waals surface area contributed by atoms with Crippen molar-refractivity contribution in [2.75, 3.05) is 34.5 Å². The van der Waals surface area contributed by atoms with Crippen molar-refractivity contribution in [3.05, 3.63) is 125 Å². The Hall–Kier alpha value is -5.84. The molecule has 64 heavy (non-hydrogen) atoms. The van der Waals surface area contributed by atoms with Crippen LogP contribution >= 0.6 is 0 Å². The van der Waals surface area contributed by atoms with E-state index in [9.17, 15) is 32.3 Å². The van der Waals surface area contributed by atoms with Gasteiger partial charge in [-0.3, -0.25) is 4.79 Å². The van der Waals surface area contributed by atoms with E-state index in [-0.39, 0.29) is 6.61 Å². The van der Waals surface area contributed by atoms with Crippen molar-refractivity contribution in [3.63, 3.8) is 0 Å². The second kappa shape index (κ2) is 20.3. The first kappa shape index (κ1) is 50.8. The molecule has 4 aromatic rings. The largest absolute Gasteiger partial charge is 0.463 e. The number of ketones is 1. The van der Waals surface area contributed by atoms with E-state index in [1.807, 2.05) is 0 Å². The van der Waals surface area contributed by atoms with Crippen LogP contribution in [0.3, 0.4) is 0 Å². The Morgan fingerprint density at radius 2 is 1.00 bits per heavy atom. The molecule has 0 amide bonds. The number of nitrogens with zero attached hydrogens (tertiary/aromatic N) is 2. The summed E-state index contributed by atoms with van der Waals surface area (Å²) < 4.78 is 172. The summed E-state index contributed by atoms with van der Waals surface area (Å²) in [7, 11) is 1.50. The van der Waals surface area contributed by atoms with E-state index >= 15 is 26.3 Å². The van der Waals surface area contributed by atoms with Crippen molar-refractivity contribution in [1.82, 2.24) is 9.55 Å². The number of rotatable bonds is 20. The maximum absolute atomic E-state index is 15.2. The number of methoxy groups -OCH3 is 3. The minimum Gasteiger partial charge on any atom is -0.463 e. The van der Waals surface area contributed by atoms with Crippen molar-refractivity contribution in [2.24, 2.45) is 0 Å². The van der Waals surface area contributed by atoms with Crippen LogP contribution in [-0.2, 0) is 71.1 Å². The molecular weight excluding hydrogens is 879 g/mol. The SMILES string of the molecule is CCOCn1cc([C@@H](OC(=O)C(OC)(c2ccccc2)C(F)(F)F)[C@@H](CCOC(=O)C(OC)(c2ccccc2)C(F)(F)F)OC(=O)C(OC)(c2ccccc2)C(F)(F)F)nc1C(C)=O. The van der Waals surface area contributed by atoms with E-state index in [2.05, 4.69) is 4.98 Å². The molecule has 0 N–H and O–H groups in total. The normalized spacial score (nSPS) is 16.0. The molecule has 0 radical (unpaired) electrons. The zero-order chi connectivity index (χ0) is 47.7. The zero-order valence-corrected chi connectivity index (χ0v) is 34.5. The molecule has 13 nitrogen and oxygen atoms in total. The smallest absolute Gasteiger partial charge is 0.432 e. The van der Waals surface area contributed by atoms with Crippen LogP contribution in [0.15, 0.2) is 97.2 Å². The quantitative estimate of drug-likeness (QED) is 0.0368. The number of carbonyl (C=O) groups is 4. The number of benzene rings is 3. The van der Waals surface area contributed by atoms with E-state index in [0.29, 0.717) is 21.3 Å². The third-order valence-electron chi connectivity index (χ3n) is 9.82. The van der Waals surface area contributed by atoms with Gasteiger partial charge in [-0.1, -0.05) is 91.0 Å². The van der Waals surface area contributed by atoms with Crippen molar-refractivity contribution < 1.29 is 91.8 Å². The van der Waals surface area contributed by atoms with Gasteiger partial charge in [0, 0.05) is 64.2 Å². The highest BCUT2D eigenvalue weighted by atomic mass is 19.4. The Balaban J connectivity index is 1.98. The fourth-order valence-corrected chi connectivity index (χ4v) is 6.69. The molecule has 348 valence electrons. The molecule has 0 saturated carbocycles. The summed E-state index contributed by atoms with van der Waals surface area (Å²) in [6, 6.07) is 15.7. The number of imidazole rings is 1. The number of ether oxygens (including phenoxy) is 7. The predicted molar refractivity (Wildman–Crippen MR) is 202 cm³/mol. The van der Waals surface area contributed by atoms with Crippen molar-refractivity contribution in [2.45, 2.75) is 74.5 Å². The van der Waals surface area contributed by atoms with Gasteiger partial charge in [0.25, 0.3) is 16.8 Å². The number of hydrogen-bond donors (Lipinski definition) is 0. The lowest BCUT2D eigenvalue weighted by Crippen LogP contribution is -2.54. The van der Waals surface area contributed by atoms with E-state index in [1.165, 1.54) is 18.2 Å². The number of aromatic nitrogens is 2. The summed E-state index contributed by atoms with van der Waals surface area (Å²) in [6.45, 7) is 0.728. The molecule has 5 atom stereocenters. The Kier molecular flexibility index (Phi) is 16.1. The predicted octanol–water partition coefficient (Wildman–Crippen LogP) is 7.82. The molecule has 0 spiro atoms. The third-order valence-corrected chi connectivity index (χ3v) is 9.82. The van der Waals surface area contributed by atoms with Crippen molar-refractivity contribution in [1.29, 1.82) is 0 Å². The second-order valence-corrected chi connectivity index (χ2v) is 13.6. The second-order valence-electron chi connectivity index (χ2n) is 13.6. The van der Waals surface area contributed by atoms with Crippen LogP contribution in [0.25, 0.3) is 0 Å². The molecule has 0 bridgehead atoms. The maximum Gasteiger partial charge on any atom is 0.432 e. The van der Waals surface area contributed by atoms with E-state index in [0.717, 1.165) is 90.5 Å². The molecule has 0 aliphatic rings. The lowest BCUT2D eigenvalue weighted by molar-refractivity contribution is -0.286. The monoisotopic (exact) mass is 920 g/mol. The van der Waals surface area contributed by atoms with Crippen LogP contribution in [0.2, 0.25) is 0 Å². The minimum absolute atomic E-state index is 0.0216. The summed E-state index contributed by atoms with van der Waals surface area (Å²) in [5.74, 6) is -8.14. The lowest BCUT2D eigenvalue weighted by Gasteiger charge is -2.37. The van der Waals surface area contributed by atoms with Gasteiger partial charge in [-0.25, -0.2) is 19.4 Å². The first-order valence-corrected chi connectivity index (χ1v) is 18.8. The van der Waals surface area contributed by atoms with Gasteiger partial charge in [-0.15, -0.1) is 0 Å². The van der Waals surface area contributed by atoms with Crippen LogP contribution < -0.4 is 0 Å². The molecule has 0 aliphatic carbocycles. The van der Waals surface area contributed by atoms with Gasteiger partial charge in [0.05, 0.1) is 6.61 Å². The van der Waals surface area contributed by atoms with Gasteiger partial charge in [0.15, 0.2) is 17.7 Å². The van der Waals surface area contributed by atoms with Gasteiger partial charge in [-0.2, -0.15) is 39.5 Å². The van der Waals surface area contributed by atoms with Gasteiger partial charge < -0.3 is 37.7 Å². The topological polar surface area (TPSA) is 151 Å². The number of Topliss-reactive ketones (excluding diaryl/α,β-unsaturated/α-hetero) is 1. The average molecular weight is 921 g/mol. The summed E-state index contributed by atoms with van der Waals surface area (Å²) in [5.41, 5.74) is -15.2. The van der Waals surface area contributed by atoms with Crippen molar-refractivity contribution >= 4 is 23.7 Å². The zero-order valence-electron chi connectivity index (χ0n) is 34.5. The summed E-state index contributed by atoms with van der Waals surface area (Å²) in [4.78, 5) is 58.7. The highest BCUT2D eigenvalue weighted by Crippen LogP contribution is 2.47. The van der Waals surface area contributed by atoms with Gasteiger partial charge in [0.1, 0.15) is 18.5 Å². The fourth-order valence-electron chi connectivity index (χ4n) is 6.69. The van der Waals surface area contributed by atoms with E-state index in [1.54, 1.807) is 6.92 Å². The van der Waals surface area contributed by atoms with Gasteiger partial charge in [-0.05, 0) is 6.92 Å². The number of hydrogen-bond acceptors (Lipinski definition) is 12. The van der Waals surface area contributed by atoms with Crippen molar-refractivity contribution in [3.8, 4) is 0 Å². The Bertz CT molecular complexity index is 2200. The van der Waals surface area contributed by atoms with Crippen LogP contribution in [0, 0.1) is 0 Å². The molecule has 0 aliphatic heterocycles. The summed E-state index contributed by atoms with van der Waals surface area (Å²) in [5, 5.41) is 0. The first-order chi connectivity index (χ1) is 30.0. The highest BCUT2D eigenvalue weighted by Gasteiger charge is 2.67. The van der Waals surface area contributed by atoms with E-state index in [4.69, 9.17) is 33.2 Å². The standard InChI is InChI=1S/C42H41F9N2O11/c1-6-61-25-53-24-30(52-33(53)26(2)54)32(64-36(57)39(60-5,42(49,50)51)29-20-14-9-15-21-29)31(63-35(56)38(59-4,41(46,47)48)28-18-12-8-13-19-28)22-23-62-34(55)37(58-3,40(43,44)45)27-16-10-7-11-17-27/h7-21,24,31-32H,6,22-23,25H2,1-5H3/t31-,32-,37?,38?,39?/m1/s1. The Morgan fingerprint density at radius 3 is 1.36 bits per heavy atom. The third kappa shape index (κ3) is 9.78. The van der Waals surface area contributed by atoms with Crippen LogP contribution in [-0.4, -0.2) is 92.4 Å². The van der Waals surface area contributed by atoms with Crippen LogP contribution in [0.1, 0.15) is 59.4 Å². The molecule has 4 rings (SSSR count). The van der Waals surface area contributed by atoms with Crippen LogP contribution in [0.5, 0.6) is 0 Å². The Labute approximate surface area is 359 Å². The summed E-state index contributed by atoms with van der Waals surface area (Å²) >= 11 is 0. The highest BCUT2D eigenvalue weighted by molar-refractivity contribution is 5.90. The first-order valence-electron chi connectivity index (χ1n) is 18.8. The van der Waals surface area contributed by atoms with E-state index < -0.39 is 119 Å². The van der Waals surface area contributed by atoms with Gasteiger partial charge in [0.2, 0.25) is 0 Å². The number of esters is 3. The van der Waals surface area contributed by atoms with Gasteiger partial charge >= 0.3 is 36.4 Å². The fraction of sp³-hybridized carbons (Fsp3) is 0.405. The molecule has 0 saturated heterocycles. The molecule has 3 aromatic carbocycles. The average Bonchev–Trinajstić information content (AvgIpc) is 3.67. The molecule has 22 heteroatoms. The minimum atomic E-state index is -5.68. The number of carbonyl (C=O) groups excluding carboxylic acids is 4. The Morgan fingerprint density at radius 1 is 0.609 bits per heavy atom.